The lowest BCUT2D eigenvalue weighted by Gasteiger charge is -2.41. The monoisotopic (exact) mass is 462 g/mol. The van der Waals surface area contributed by atoms with E-state index >= 15 is 0 Å². The van der Waals surface area contributed by atoms with Crippen LogP contribution in [0.1, 0.15) is 26.3 Å². The van der Waals surface area contributed by atoms with Crippen molar-refractivity contribution in [2.75, 3.05) is 39.4 Å². The van der Waals surface area contributed by atoms with Gasteiger partial charge in [0.2, 0.25) is 0 Å². The van der Waals surface area contributed by atoms with Crippen LogP contribution in [0.5, 0.6) is 5.75 Å². The molecular weight excluding hydrogens is 431 g/mol. The molecule has 0 bridgehead atoms. The van der Waals surface area contributed by atoms with Crippen molar-refractivity contribution in [1.29, 1.82) is 0 Å². The summed E-state index contributed by atoms with van der Waals surface area (Å²) in [4.78, 5) is 7.08. The topological polar surface area (TPSA) is 69.1 Å². The number of nitrogens with one attached hydrogen (secondary N) is 2. The third-order valence-corrected chi connectivity index (χ3v) is 4.26. The number of hydrogen-bond acceptors (Lipinski definition) is 4. The fourth-order valence-electron chi connectivity index (χ4n) is 2.69. The number of morpholine rings is 1. The molecule has 0 aromatic heterocycles. The van der Waals surface area contributed by atoms with Crippen molar-refractivity contribution in [3.05, 3.63) is 29.8 Å². The first-order chi connectivity index (χ1) is 11.5. The predicted molar refractivity (Wildman–Crippen MR) is 113 cm³/mol. The van der Waals surface area contributed by atoms with Gasteiger partial charge in [-0.1, -0.05) is 12.1 Å². The molecule has 6 nitrogen and oxygen atoms in total. The fraction of sp³-hybridized carbons (Fsp3) is 0.611. The van der Waals surface area contributed by atoms with Gasteiger partial charge in [-0.2, -0.15) is 0 Å². The summed E-state index contributed by atoms with van der Waals surface area (Å²) >= 11 is 0. The average molecular weight is 462 g/mol. The van der Waals surface area contributed by atoms with Gasteiger partial charge in [0.1, 0.15) is 5.75 Å². The van der Waals surface area contributed by atoms with Gasteiger partial charge in [0.25, 0.3) is 0 Å². The van der Waals surface area contributed by atoms with Crippen molar-refractivity contribution < 1.29 is 9.84 Å². The number of nitrogens with zero attached hydrogens (tertiary/aromatic N) is 2. The quantitative estimate of drug-likeness (QED) is 0.344. The van der Waals surface area contributed by atoms with Crippen LogP contribution in [0.15, 0.2) is 29.3 Å². The van der Waals surface area contributed by atoms with E-state index in [2.05, 4.69) is 41.3 Å². The highest BCUT2D eigenvalue weighted by atomic mass is 127. The number of phenolic OH excluding ortho intramolecular Hbond substituents is 1. The molecule has 3 N–H and O–H groups in total. The van der Waals surface area contributed by atoms with E-state index in [1.54, 1.807) is 12.1 Å². The minimum absolute atomic E-state index is 0. The molecule has 0 amide bonds. The summed E-state index contributed by atoms with van der Waals surface area (Å²) in [5, 5.41) is 16.1. The highest BCUT2D eigenvalue weighted by Crippen LogP contribution is 2.15. The van der Waals surface area contributed by atoms with Crippen molar-refractivity contribution >= 4 is 29.9 Å². The lowest BCUT2D eigenvalue weighted by Crippen LogP contribution is -2.56. The summed E-state index contributed by atoms with van der Waals surface area (Å²) in [7, 11) is 0. The molecule has 1 aromatic carbocycles. The highest BCUT2D eigenvalue weighted by Gasteiger charge is 2.28. The van der Waals surface area contributed by atoms with Crippen molar-refractivity contribution in [2.45, 2.75) is 32.9 Å². The summed E-state index contributed by atoms with van der Waals surface area (Å²) in [6.07, 6.45) is 0. The van der Waals surface area contributed by atoms with Crippen molar-refractivity contribution in [3.63, 3.8) is 0 Å². The maximum atomic E-state index is 9.34. The van der Waals surface area contributed by atoms with Crippen LogP contribution in [0.3, 0.4) is 0 Å². The van der Waals surface area contributed by atoms with Gasteiger partial charge < -0.3 is 20.5 Å². The molecule has 1 aliphatic rings. The maximum Gasteiger partial charge on any atom is 0.191 e. The van der Waals surface area contributed by atoms with E-state index in [-0.39, 0.29) is 35.3 Å². The van der Waals surface area contributed by atoms with Gasteiger partial charge in [-0.05, 0) is 38.5 Å². The van der Waals surface area contributed by atoms with Gasteiger partial charge in [0.05, 0.1) is 19.8 Å². The molecule has 1 aromatic rings. The standard InChI is InChI=1S/C18H30N4O2.HI/c1-4-19-17(20-13-15-5-7-16(23)8-6-15)21-14-18(2,3)22-9-11-24-12-10-22;/h5-8,23H,4,9-14H2,1-3H3,(H2,19,20,21);1H. The van der Waals surface area contributed by atoms with E-state index in [0.29, 0.717) is 6.54 Å². The Hall–Kier alpha value is -1.06. The molecule has 0 saturated carbocycles. The molecule has 142 valence electrons. The Morgan fingerprint density at radius 2 is 1.84 bits per heavy atom. The Kier molecular flexibility index (Phi) is 9.52. The second-order valence-electron chi connectivity index (χ2n) is 6.63. The number of aromatic hydroxyl groups is 1. The maximum absolute atomic E-state index is 9.34. The normalized spacial score (nSPS) is 16.2. The lowest BCUT2D eigenvalue weighted by atomic mass is 10.0. The van der Waals surface area contributed by atoms with E-state index in [1.807, 2.05) is 12.1 Å². The van der Waals surface area contributed by atoms with Gasteiger partial charge in [-0.3, -0.25) is 4.90 Å². The SMILES string of the molecule is CCNC(=NCc1ccc(O)cc1)NCC(C)(C)N1CCOCC1.I. The van der Waals surface area contributed by atoms with Crippen molar-refractivity contribution in [3.8, 4) is 5.75 Å². The Balaban J connectivity index is 0.00000312. The average Bonchev–Trinajstić information content (AvgIpc) is 2.59. The van der Waals surface area contributed by atoms with Crippen LogP contribution in [0, 0.1) is 0 Å². The van der Waals surface area contributed by atoms with Gasteiger partial charge in [-0.25, -0.2) is 4.99 Å². The van der Waals surface area contributed by atoms with Crippen LogP contribution < -0.4 is 10.6 Å². The molecule has 1 saturated heterocycles. The van der Waals surface area contributed by atoms with Crippen LogP contribution in [0.4, 0.5) is 0 Å². The number of guanidine groups is 1. The third kappa shape index (κ3) is 7.37. The number of benzene rings is 1. The summed E-state index contributed by atoms with van der Waals surface area (Å²) in [6, 6.07) is 7.15. The molecule has 1 fully saturated rings. The summed E-state index contributed by atoms with van der Waals surface area (Å²) in [6.45, 7) is 12.3. The number of aliphatic imine (C=N–C) groups is 1. The molecule has 25 heavy (non-hydrogen) atoms. The molecule has 7 heteroatoms. The summed E-state index contributed by atoms with van der Waals surface area (Å²) in [5.41, 5.74) is 1.11. The first kappa shape index (κ1) is 22.0. The smallest absolute Gasteiger partial charge is 0.191 e. The van der Waals surface area contributed by atoms with E-state index in [1.165, 1.54) is 0 Å². The zero-order valence-electron chi connectivity index (χ0n) is 15.4. The van der Waals surface area contributed by atoms with E-state index < -0.39 is 0 Å². The van der Waals surface area contributed by atoms with E-state index in [9.17, 15) is 5.11 Å². The lowest BCUT2D eigenvalue weighted by molar-refractivity contribution is -0.00834. The summed E-state index contributed by atoms with van der Waals surface area (Å²) < 4.78 is 5.44. The first-order valence-corrected chi connectivity index (χ1v) is 8.64. The molecule has 0 atom stereocenters. The molecule has 1 aliphatic heterocycles. The second-order valence-corrected chi connectivity index (χ2v) is 6.63. The molecule has 0 aliphatic carbocycles. The Morgan fingerprint density at radius 1 is 1.20 bits per heavy atom. The van der Waals surface area contributed by atoms with Crippen LogP contribution in [0.25, 0.3) is 0 Å². The zero-order valence-corrected chi connectivity index (χ0v) is 17.7. The number of phenols is 1. The van der Waals surface area contributed by atoms with Gasteiger partial charge in [-0.15, -0.1) is 24.0 Å². The fourth-order valence-corrected chi connectivity index (χ4v) is 2.69. The van der Waals surface area contributed by atoms with Gasteiger partial charge in [0.15, 0.2) is 5.96 Å². The number of halogens is 1. The van der Waals surface area contributed by atoms with Crippen molar-refractivity contribution in [1.82, 2.24) is 15.5 Å². The molecule has 0 radical (unpaired) electrons. The Labute approximate surface area is 168 Å². The van der Waals surface area contributed by atoms with Crippen LogP contribution >= 0.6 is 24.0 Å². The van der Waals surface area contributed by atoms with Crippen LogP contribution in [-0.2, 0) is 11.3 Å². The number of hydrogen-bond donors (Lipinski definition) is 3. The van der Waals surface area contributed by atoms with Crippen LogP contribution in [0.2, 0.25) is 0 Å². The molecule has 0 spiro atoms. The second kappa shape index (κ2) is 10.8. The largest absolute Gasteiger partial charge is 0.508 e. The molecular formula is C18H31IN4O2. The van der Waals surface area contributed by atoms with E-state index in [0.717, 1.165) is 50.9 Å². The van der Waals surface area contributed by atoms with E-state index in [4.69, 9.17) is 4.74 Å². The molecule has 2 rings (SSSR count). The minimum Gasteiger partial charge on any atom is -0.508 e. The molecule has 1 heterocycles. The van der Waals surface area contributed by atoms with Gasteiger partial charge in [0, 0.05) is 31.7 Å². The Morgan fingerprint density at radius 3 is 2.44 bits per heavy atom. The Bertz CT molecular complexity index is 528. The zero-order chi connectivity index (χ0) is 17.4. The number of ether oxygens (including phenoxy) is 1. The minimum atomic E-state index is 0. The van der Waals surface area contributed by atoms with Gasteiger partial charge >= 0.3 is 0 Å². The third-order valence-electron chi connectivity index (χ3n) is 4.26. The highest BCUT2D eigenvalue weighted by molar-refractivity contribution is 14.0. The first-order valence-electron chi connectivity index (χ1n) is 8.64. The number of rotatable bonds is 6. The molecule has 0 unspecified atom stereocenters. The van der Waals surface area contributed by atoms with Crippen molar-refractivity contribution in [2.24, 2.45) is 4.99 Å². The summed E-state index contributed by atoms with van der Waals surface area (Å²) in [5.74, 6) is 1.09. The predicted octanol–water partition coefficient (Wildman–Crippen LogP) is 2.18. The van der Waals surface area contributed by atoms with Crippen LogP contribution in [-0.4, -0.2) is 60.9 Å².